The molecule has 1 aliphatic heterocycles. The van der Waals surface area contributed by atoms with Crippen molar-refractivity contribution in [1.82, 2.24) is 0 Å². The van der Waals surface area contributed by atoms with Crippen LogP contribution in [0.5, 0.6) is 0 Å². The van der Waals surface area contributed by atoms with E-state index >= 15 is 0 Å². The Morgan fingerprint density at radius 1 is 0.848 bits per heavy atom. The van der Waals surface area contributed by atoms with Gasteiger partial charge in [0.1, 0.15) is 12.4 Å². The summed E-state index contributed by atoms with van der Waals surface area (Å²) in [4.78, 5) is 14.5. The van der Waals surface area contributed by atoms with Crippen LogP contribution in [0.4, 0.5) is 0 Å². The van der Waals surface area contributed by atoms with Gasteiger partial charge in [0.15, 0.2) is 5.78 Å². The lowest BCUT2D eigenvalue weighted by molar-refractivity contribution is -0.124. The first-order chi connectivity index (χ1) is 16.3. The molecule has 0 aromatic heterocycles. The second-order valence-corrected chi connectivity index (χ2v) is 9.94. The van der Waals surface area contributed by atoms with Crippen molar-refractivity contribution in [2.24, 2.45) is 17.8 Å². The molecule has 0 fully saturated rings. The molecule has 0 N–H and O–H groups in total. The van der Waals surface area contributed by atoms with Crippen LogP contribution in [0.25, 0.3) is 5.57 Å². The standard InChI is InChI=1S/C30H24O2S/c31-30-22-15-14-21-18-29(33-28-13-7-6-11-25(21)28)27(32-19-20-8-2-1-3-9-20)17-23(16-22)24-10-4-5-12-26(24)30/h1-18,22,24,26,29H,19H2/b15-14-,27-17+. The largest absolute Gasteiger partial charge is 0.492 e. The Morgan fingerprint density at radius 2 is 1.64 bits per heavy atom. The van der Waals surface area contributed by atoms with Gasteiger partial charge in [0, 0.05) is 16.7 Å². The Bertz CT molecular complexity index is 1280. The smallest absolute Gasteiger partial charge is 0.151 e. The van der Waals surface area contributed by atoms with E-state index in [1.54, 1.807) is 0 Å². The number of Topliss-reactive ketones (excluding diaryl/α,β-unsaturated/α-hetero) is 1. The van der Waals surface area contributed by atoms with Crippen molar-refractivity contribution in [2.75, 3.05) is 0 Å². The lowest BCUT2D eigenvalue weighted by Gasteiger charge is -2.33. The van der Waals surface area contributed by atoms with E-state index in [1.807, 2.05) is 42.1 Å². The second-order valence-electron chi connectivity index (χ2n) is 8.75. The maximum Gasteiger partial charge on any atom is 0.151 e. The van der Waals surface area contributed by atoms with Crippen LogP contribution in [0.2, 0.25) is 0 Å². The Labute approximate surface area is 198 Å². The number of thioether (sulfide) groups is 1. The van der Waals surface area contributed by atoms with E-state index in [4.69, 9.17) is 4.74 Å². The predicted octanol–water partition coefficient (Wildman–Crippen LogP) is 6.70. The van der Waals surface area contributed by atoms with Crippen LogP contribution >= 0.6 is 11.8 Å². The number of benzene rings is 2. The molecule has 6 rings (SSSR count). The Balaban J connectivity index is 1.46. The summed E-state index contributed by atoms with van der Waals surface area (Å²) in [6.45, 7) is 0.518. The molecule has 0 radical (unpaired) electrons. The van der Waals surface area contributed by atoms with Gasteiger partial charge in [-0.15, -0.1) is 11.8 Å². The molecule has 1 heterocycles. The molecule has 2 aromatic carbocycles. The minimum atomic E-state index is -0.233. The van der Waals surface area contributed by atoms with Crippen molar-refractivity contribution in [2.45, 2.75) is 16.8 Å². The van der Waals surface area contributed by atoms with Crippen molar-refractivity contribution < 1.29 is 9.53 Å². The van der Waals surface area contributed by atoms with Gasteiger partial charge in [-0.2, -0.15) is 0 Å². The van der Waals surface area contributed by atoms with Crippen molar-refractivity contribution >= 4 is 23.1 Å². The average Bonchev–Trinajstić information content (AvgIpc) is 2.87. The zero-order valence-electron chi connectivity index (χ0n) is 18.1. The number of ketones is 1. The highest BCUT2D eigenvalue weighted by Crippen LogP contribution is 2.44. The predicted molar refractivity (Wildman–Crippen MR) is 134 cm³/mol. The van der Waals surface area contributed by atoms with Crippen LogP contribution < -0.4 is 0 Å². The number of hydrogen-bond acceptors (Lipinski definition) is 3. The fourth-order valence-corrected chi connectivity index (χ4v) is 6.16. The van der Waals surface area contributed by atoms with Crippen molar-refractivity contribution in [3.63, 3.8) is 0 Å². The lowest BCUT2D eigenvalue weighted by atomic mass is 9.71. The van der Waals surface area contributed by atoms with Gasteiger partial charge in [-0.3, -0.25) is 4.79 Å². The molecule has 0 saturated heterocycles. The Morgan fingerprint density at radius 3 is 2.52 bits per heavy atom. The number of rotatable bonds is 3. The molecule has 0 amide bonds. The molecule has 3 aliphatic carbocycles. The van der Waals surface area contributed by atoms with E-state index in [-0.39, 0.29) is 28.8 Å². The molecular weight excluding hydrogens is 424 g/mol. The molecule has 4 bridgehead atoms. The molecule has 4 aliphatic rings. The maximum atomic E-state index is 13.3. The highest BCUT2D eigenvalue weighted by molar-refractivity contribution is 8.00. The summed E-state index contributed by atoms with van der Waals surface area (Å²) in [7, 11) is 0. The van der Waals surface area contributed by atoms with Crippen molar-refractivity contribution in [3.05, 3.63) is 132 Å². The molecule has 4 unspecified atom stereocenters. The quantitative estimate of drug-likeness (QED) is 0.523. The number of hydrogen-bond donors (Lipinski definition) is 0. The zero-order valence-corrected chi connectivity index (χ0v) is 19.0. The van der Waals surface area contributed by atoms with Crippen molar-refractivity contribution in [1.29, 1.82) is 0 Å². The van der Waals surface area contributed by atoms with E-state index in [2.05, 4.69) is 78.9 Å². The molecule has 33 heavy (non-hydrogen) atoms. The van der Waals surface area contributed by atoms with Crippen molar-refractivity contribution in [3.8, 4) is 0 Å². The molecule has 4 atom stereocenters. The summed E-state index contributed by atoms with van der Waals surface area (Å²) in [6, 6.07) is 18.8. The van der Waals surface area contributed by atoms with Gasteiger partial charge < -0.3 is 4.74 Å². The molecule has 162 valence electrons. The third-order valence-electron chi connectivity index (χ3n) is 6.65. The highest BCUT2D eigenvalue weighted by Gasteiger charge is 2.36. The summed E-state index contributed by atoms with van der Waals surface area (Å²) in [6.07, 6.45) is 19.1. The van der Waals surface area contributed by atoms with E-state index in [1.165, 1.54) is 10.5 Å². The number of carbonyl (C=O) groups excluding carboxylic acids is 1. The molecular formula is C30H24O2S. The summed E-state index contributed by atoms with van der Waals surface area (Å²) < 4.78 is 6.50. The van der Waals surface area contributed by atoms with Crippen LogP contribution in [-0.2, 0) is 16.1 Å². The first-order valence-corrected chi connectivity index (χ1v) is 12.3. The fourth-order valence-electron chi connectivity index (χ4n) is 4.95. The average molecular weight is 449 g/mol. The lowest BCUT2D eigenvalue weighted by Crippen LogP contribution is -2.32. The second kappa shape index (κ2) is 8.57. The SMILES string of the molecule is O=C1C2C=C(/C=C(/OCc3ccccc3)C3C=C(/C=C\2)c2ccccc2S3)C2C=CC=CC12. The summed E-state index contributed by atoms with van der Waals surface area (Å²) in [5, 5.41) is 0.0694. The van der Waals surface area contributed by atoms with Gasteiger partial charge in [-0.1, -0.05) is 97.1 Å². The van der Waals surface area contributed by atoms with Gasteiger partial charge in [0.05, 0.1) is 11.2 Å². The maximum absolute atomic E-state index is 13.3. The van der Waals surface area contributed by atoms with Crippen LogP contribution in [0, 0.1) is 17.8 Å². The normalized spacial score (nSPS) is 29.6. The summed E-state index contributed by atoms with van der Waals surface area (Å²) in [5.74, 6) is 0.906. The Kier molecular flexibility index (Phi) is 5.27. The van der Waals surface area contributed by atoms with E-state index in [9.17, 15) is 4.79 Å². The molecule has 0 spiro atoms. The molecule has 2 nitrogen and oxygen atoms in total. The Hall–Kier alpha value is -3.30. The highest BCUT2D eigenvalue weighted by atomic mass is 32.2. The number of carbonyl (C=O) groups is 1. The first kappa shape index (κ1) is 20.3. The monoisotopic (exact) mass is 448 g/mol. The fraction of sp³-hybridized carbons (Fsp3) is 0.167. The summed E-state index contributed by atoms with van der Waals surface area (Å²) >= 11 is 1.83. The van der Waals surface area contributed by atoms with Gasteiger partial charge in [-0.05, 0) is 34.4 Å². The van der Waals surface area contributed by atoms with Gasteiger partial charge in [0.2, 0.25) is 0 Å². The first-order valence-electron chi connectivity index (χ1n) is 11.4. The third kappa shape index (κ3) is 3.87. The minimum Gasteiger partial charge on any atom is -0.492 e. The van der Waals surface area contributed by atoms with E-state index < -0.39 is 0 Å². The van der Waals surface area contributed by atoms with Crippen LogP contribution in [0.3, 0.4) is 0 Å². The molecule has 0 saturated carbocycles. The number of allylic oxidation sites excluding steroid dienone is 10. The van der Waals surface area contributed by atoms with Gasteiger partial charge in [0.25, 0.3) is 0 Å². The van der Waals surface area contributed by atoms with Crippen LogP contribution in [0.1, 0.15) is 11.1 Å². The van der Waals surface area contributed by atoms with Crippen LogP contribution in [-0.4, -0.2) is 11.0 Å². The summed E-state index contributed by atoms with van der Waals surface area (Å²) in [5.41, 5.74) is 4.66. The van der Waals surface area contributed by atoms with E-state index in [0.717, 1.165) is 22.5 Å². The zero-order chi connectivity index (χ0) is 22.2. The van der Waals surface area contributed by atoms with Crippen LogP contribution in [0.15, 0.2) is 126 Å². The molecule has 3 heteroatoms. The number of ether oxygens (including phenoxy) is 1. The third-order valence-corrected chi connectivity index (χ3v) is 7.88. The number of fused-ring (bicyclic) bond motifs is 6. The minimum absolute atomic E-state index is 0.0613. The topological polar surface area (TPSA) is 26.3 Å². The van der Waals surface area contributed by atoms with Gasteiger partial charge >= 0.3 is 0 Å². The van der Waals surface area contributed by atoms with Gasteiger partial charge in [-0.25, -0.2) is 0 Å². The molecule has 2 aromatic rings. The van der Waals surface area contributed by atoms with E-state index in [0.29, 0.717) is 6.61 Å².